The number of hydrogen-bond donors (Lipinski definition) is 0. The Bertz CT molecular complexity index is 854. The summed E-state index contributed by atoms with van der Waals surface area (Å²) in [5.41, 5.74) is -0.201. The summed E-state index contributed by atoms with van der Waals surface area (Å²) in [6, 6.07) is 7.00. The third-order valence-electron chi connectivity index (χ3n) is 7.78. The predicted octanol–water partition coefficient (Wildman–Crippen LogP) is 4.84. The Morgan fingerprint density at radius 3 is 2.53 bits per heavy atom. The molecule has 6 rings (SSSR count). The van der Waals surface area contributed by atoms with Crippen LogP contribution < -0.4 is 4.74 Å². The second-order valence-electron chi connectivity index (χ2n) is 10.4. The number of hydrogen-bond acceptors (Lipinski definition) is 7. The molecule has 0 unspecified atom stereocenters. The molecule has 8 atom stereocenters. The number of ether oxygens (including phenoxy) is 4. The maximum Gasteiger partial charge on any atom is 0.340 e. The van der Waals surface area contributed by atoms with E-state index in [1.54, 1.807) is 24.3 Å². The van der Waals surface area contributed by atoms with Gasteiger partial charge in [-0.05, 0) is 76.1 Å². The van der Waals surface area contributed by atoms with E-state index in [1.165, 1.54) is 0 Å². The summed E-state index contributed by atoms with van der Waals surface area (Å²) in [4.78, 5) is 24.9. The standard InChI is InChI=1S/C25H34O7/c1-14(2)27-18-9-7-17(8-10-18)21(26)28-22-16(4)20-11-6-15(3)19-12-13-24(5)30-23(29-22)25(19,20)32-31-24/h7-10,14-16,19-20,22-23H,6,11-13H2,1-5H3/t15-,16+,19-,20-,22-,23-,24-,25-/m1/s1. The number of carbonyl (C=O) groups excluding carboxylic acids is 1. The van der Waals surface area contributed by atoms with Crippen LogP contribution in [0, 0.1) is 23.7 Å². The van der Waals surface area contributed by atoms with Gasteiger partial charge in [0, 0.05) is 18.3 Å². The van der Waals surface area contributed by atoms with Crippen molar-refractivity contribution in [2.45, 2.75) is 90.4 Å². The minimum Gasteiger partial charge on any atom is -0.491 e. The van der Waals surface area contributed by atoms with Crippen molar-refractivity contribution >= 4 is 5.97 Å². The van der Waals surface area contributed by atoms with Gasteiger partial charge in [0.25, 0.3) is 0 Å². The van der Waals surface area contributed by atoms with E-state index < -0.39 is 29.9 Å². The topological polar surface area (TPSA) is 72.5 Å². The number of esters is 1. The van der Waals surface area contributed by atoms with E-state index in [0.717, 1.165) is 31.4 Å². The predicted molar refractivity (Wildman–Crippen MR) is 114 cm³/mol. The van der Waals surface area contributed by atoms with Crippen LogP contribution in [0.2, 0.25) is 0 Å². The average molecular weight is 447 g/mol. The van der Waals surface area contributed by atoms with Gasteiger partial charge in [-0.15, -0.1) is 0 Å². The second kappa shape index (κ2) is 7.97. The highest BCUT2D eigenvalue weighted by Gasteiger charge is 2.69. The number of carbonyl (C=O) groups is 1. The minimum absolute atomic E-state index is 0.0524. The molecule has 7 nitrogen and oxygen atoms in total. The zero-order chi connectivity index (χ0) is 22.7. The Kier molecular flexibility index (Phi) is 5.52. The first-order valence-corrected chi connectivity index (χ1v) is 11.9. The molecule has 176 valence electrons. The number of rotatable bonds is 4. The van der Waals surface area contributed by atoms with Crippen LogP contribution in [-0.4, -0.2) is 36.0 Å². The van der Waals surface area contributed by atoms with E-state index >= 15 is 0 Å². The maximum absolute atomic E-state index is 12.9. The Labute approximate surface area is 189 Å². The first-order valence-electron chi connectivity index (χ1n) is 11.9. The van der Waals surface area contributed by atoms with E-state index in [1.807, 2.05) is 20.8 Å². The van der Waals surface area contributed by atoms with Gasteiger partial charge in [-0.25, -0.2) is 14.6 Å². The van der Waals surface area contributed by atoms with Gasteiger partial charge in [-0.1, -0.05) is 13.8 Å². The summed E-state index contributed by atoms with van der Waals surface area (Å²) in [7, 11) is 0. The lowest BCUT2D eigenvalue weighted by Gasteiger charge is -2.59. The van der Waals surface area contributed by atoms with E-state index in [9.17, 15) is 4.79 Å². The molecule has 0 radical (unpaired) electrons. The van der Waals surface area contributed by atoms with Gasteiger partial charge in [-0.3, -0.25) is 0 Å². The van der Waals surface area contributed by atoms with E-state index in [0.29, 0.717) is 11.5 Å². The normalized spacial score (nSPS) is 42.8. The molecule has 0 amide bonds. The maximum atomic E-state index is 12.9. The average Bonchev–Trinajstić information content (AvgIpc) is 2.98. The highest BCUT2D eigenvalue weighted by Crippen LogP contribution is 2.60. The molecule has 2 bridgehead atoms. The molecule has 32 heavy (non-hydrogen) atoms. The van der Waals surface area contributed by atoms with Crippen LogP contribution in [0.25, 0.3) is 0 Å². The van der Waals surface area contributed by atoms with Crippen molar-refractivity contribution in [2.24, 2.45) is 23.7 Å². The molecule has 1 saturated carbocycles. The third-order valence-corrected chi connectivity index (χ3v) is 7.78. The molecule has 1 aliphatic carbocycles. The van der Waals surface area contributed by atoms with Crippen LogP contribution in [0.1, 0.15) is 70.7 Å². The largest absolute Gasteiger partial charge is 0.491 e. The van der Waals surface area contributed by atoms with Crippen LogP contribution in [0.4, 0.5) is 0 Å². The minimum atomic E-state index is -0.848. The lowest BCUT2D eigenvalue weighted by atomic mass is 9.58. The summed E-state index contributed by atoms with van der Waals surface area (Å²) < 4.78 is 24.2. The quantitative estimate of drug-likeness (QED) is 0.484. The Balaban J connectivity index is 1.37. The van der Waals surface area contributed by atoms with Crippen molar-refractivity contribution in [2.75, 3.05) is 0 Å². The molecule has 0 aromatic heterocycles. The highest BCUT2D eigenvalue weighted by atomic mass is 17.3. The van der Waals surface area contributed by atoms with Crippen LogP contribution in [-0.2, 0) is 24.0 Å². The van der Waals surface area contributed by atoms with Crippen molar-refractivity contribution in [3.8, 4) is 5.75 Å². The molecule has 5 aliphatic rings. The summed E-state index contributed by atoms with van der Waals surface area (Å²) in [5, 5.41) is 0. The molecule has 5 fully saturated rings. The Morgan fingerprint density at radius 2 is 1.81 bits per heavy atom. The van der Waals surface area contributed by atoms with Gasteiger partial charge in [0.05, 0.1) is 11.7 Å². The van der Waals surface area contributed by atoms with Gasteiger partial charge >= 0.3 is 5.97 Å². The molecular formula is C25H34O7. The van der Waals surface area contributed by atoms with Crippen molar-refractivity contribution in [3.63, 3.8) is 0 Å². The molecule has 4 heterocycles. The number of benzene rings is 1. The van der Waals surface area contributed by atoms with Crippen LogP contribution in [0.15, 0.2) is 24.3 Å². The van der Waals surface area contributed by atoms with Gasteiger partial charge in [0.2, 0.25) is 12.1 Å². The van der Waals surface area contributed by atoms with Gasteiger partial charge in [-0.2, -0.15) is 0 Å². The zero-order valence-corrected chi connectivity index (χ0v) is 19.5. The Morgan fingerprint density at radius 1 is 1.06 bits per heavy atom. The fraction of sp³-hybridized carbons (Fsp3) is 0.720. The lowest BCUT2D eigenvalue weighted by molar-refractivity contribution is -0.576. The Hall–Kier alpha value is -1.67. The monoisotopic (exact) mass is 446 g/mol. The second-order valence-corrected chi connectivity index (χ2v) is 10.4. The molecule has 4 aliphatic heterocycles. The van der Waals surface area contributed by atoms with E-state index in [-0.39, 0.29) is 23.9 Å². The first kappa shape index (κ1) is 22.1. The number of fused-ring (bicyclic) bond motifs is 2. The third kappa shape index (κ3) is 3.54. The lowest BCUT2D eigenvalue weighted by Crippen LogP contribution is -2.70. The molecule has 4 saturated heterocycles. The van der Waals surface area contributed by atoms with Crippen LogP contribution in [0.5, 0.6) is 5.75 Å². The van der Waals surface area contributed by atoms with Crippen LogP contribution >= 0.6 is 0 Å². The van der Waals surface area contributed by atoms with Gasteiger partial charge in [0.1, 0.15) is 5.75 Å². The van der Waals surface area contributed by atoms with Crippen LogP contribution in [0.3, 0.4) is 0 Å². The zero-order valence-electron chi connectivity index (χ0n) is 19.5. The summed E-state index contributed by atoms with van der Waals surface area (Å²) in [5.74, 6) is 0.284. The highest BCUT2D eigenvalue weighted by molar-refractivity contribution is 5.89. The van der Waals surface area contributed by atoms with Crippen molar-refractivity contribution in [1.82, 2.24) is 0 Å². The van der Waals surface area contributed by atoms with Crippen molar-refractivity contribution in [3.05, 3.63) is 29.8 Å². The SMILES string of the molecule is CC(C)Oc1ccc(C(=O)O[C@@H]2O[C@@H]3O[C@@]4(C)CC[C@@H]5[C@H](C)CC[C@H]([C@@H]2C)[C@@]35OO4)cc1. The summed E-state index contributed by atoms with van der Waals surface area (Å²) in [6.07, 6.45) is 2.51. The van der Waals surface area contributed by atoms with E-state index in [2.05, 4.69) is 13.8 Å². The van der Waals surface area contributed by atoms with Gasteiger partial charge < -0.3 is 18.9 Å². The fourth-order valence-corrected chi connectivity index (χ4v) is 6.12. The molecule has 0 N–H and O–H groups in total. The fourth-order valence-electron chi connectivity index (χ4n) is 6.12. The molecule has 1 spiro atoms. The molecule has 7 heteroatoms. The summed E-state index contributed by atoms with van der Waals surface area (Å²) in [6.45, 7) is 10.2. The molecule has 1 aromatic rings. The first-order chi connectivity index (χ1) is 15.2. The molecule has 1 aromatic carbocycles. The summed E-state index contributed by atoms with van der Waals surface area (Å²) >= 11 is 0. The van der Waals surface area contributed by atoms with E-state index in [4.69, 9.17) is 28.7 Å². The van der Waals surface area contributed by atoms with Gasteiger partial charge in [0.15, 0.2) is 11.9 Å². The molecular weight excluding hydrogens is 412 g/mol. The van der Waals surface area contributed by atoms with Crippen molar-refractivity contribution < 1.29 is 33.5 Å². The van der Waals surface area contributed by atoms with Crippen molar-refractivity contribution in [1.29, 1.82) is 0 Å². The smallest absolute Gasteiger partial charge is 0.340 e.